The van der Waals surface area contributed by atoms with E-state index >= 15 is 0 Å². The zero-order valence-corrected chi connectivity index (χ0v) is 14.4. The zero-order chi connectivity index (χ0) is 16.5. The average Bonchev–Trinajstić information content (AvgIpc) is 2.57. The number of nitrogens with one attached hydrogen (secondary N) is 1. The van der Waals surface area contributed by atoms with E-state index in [1.54, 1.807) is 11.8 Å². The van der Waals surface area contributed by atoms with Crippen molar-refractivity contribution in [2.45, 2.75) is 29.1 Å². The molecule has 2 aromatic rings. The van der Waals surface area contributed by atoms with Gasteiger partial charge >= 0.3 is 5.97 Å². The molecule has 1 aromatic carbocycles. The maximum absolute atomic E-state index is 11.7. The zero-order valence-electron chi connectivity index (χ0n) is 12.8. The molecule has 0 spiro atoms. The van der Waals surface area contributed by atoms with Gasteiger partial charge in [-0.25, -0.2) is 4.98 Å². The van der Waals surface area contributed by atoms with E-state index in [2.05, 4.69) is 9.97 Å². The molecule has 0 bridgehead atoms. The van der Waals surface area contributed by atoms with Crippen LogP contribution in [0.4, 0.5) is 0 Å². The van der Waals surface area contributed by atoms with Crippen molar-refractivity contribution in [2.75, 3.05) is 12.4 Å². The predicted molar refractivity (Wildman–Crippen MR) is 92.8 cm³/mol. The highest BCUT2D eigenvalue weighted by molar-refractivity contribution is 7.99. The van der Waals surface area contributed by atoms with E-state index in [9.17, 15) is 9.59 Å². The van der Waals surface area contributed by atoms with Gasteiger partial charge in [-0.15, -0.1) is 11.8 Å². The molecule has 2 rings (SSSR count). The molecule has 122 valence electrons. The molecule has 1 N–H and O–H groups in total. The summed E-state index contributed by atoms with van der Waals surface area (Å²) in [5.41, 5.74) is 0.472. The third-order valence-electron chi connectivity index (χ3n) is 2.70. The van der Waals surface area contributed by atoms with Crippen LogP contribution in [0.1, 0.15) is 19.0 Å². The number of carbonyl (C=O) groups is 1. The first kappa shape index (κ1) is 17.6. The molecule has 0 aliphatic rings. The van der Waals surface area contributed by atoms with Gasteiger partial charge in [0, 0.05) is 16.7 Å². The molecular weight excluding hydrogens is 332 g/mol. The van der Waals surface area contributed by atoms with Crippen LogP contribution in [0.5, 0.6) is 0 Å². The van der Waals surface area contributed by atoms with Gasteiger partial charge in [-0.1, -0.05) is 36.9 Å². The second kappa shape index (κ2) is 9.42. The second-order valence-electron chi connectivity index (χ2n) is 4.65. The summed E-state index contributed by atoms with van der Waals surface area (Å²) in [5, 5.41) is 0.439. The number of hydrogen-bond acceptors (Lipinski definition) is 6. The first-order chi connectivity index (χ1) is 11.2. The van der Waals surface area contributed by atoms with Gasteiger partial charge in [-0.3, -0.25) is 9.59 Å². The van der Waals surface area contributed by atoms with Crippen LogP contribution in [-0.2, 0) is 15.3 Å². The Morgan fingerprint density at radius 1 is 1.26 bits per heavy atom. The Morgan fingerprint density at radius 3 is 2.78 bits per heavy atom. The molecule has 0 radical (unpaired) electrons. The van der Waals surface area contributed by atoms with Crippen LogP contribution in [0.15, 0.2) is 51.2 Å². The number of rotatable bonds is 8. The van der Waals surface area contributed by atoms with Crippen LogP contribution in [0.2, 0.25) is 0 Å². The third-order valence-corrected chi connectivity index (χ3v) is 4.59. The Labute approximate surface area is 143 Å². The molecular formula is C16H18N2O3S2. The first-order valence-corrected chi connectivity index (χ1v) is 9.21. The molecule has 0 aliphatic carbocycles. The second-order valence-corrected chi connectivity index (χ2v) is 6.67. The fourth-order valence-electron chi connectivity index (χ4n) is 1.68. The number of thioether (sulfide) groups is 2. The predicted octanol–water partition coefficient (Wildman–Crippen LogP) is 3.11. The summed E-state index contributed by atoms with van der Waals surface area (Å²) in [6.07, 6.45) is 0.789. The minimum atomic E-state index is -0.302. The van der Waals surface area contributed by atoms with Crippen molar-refractivity contribution in [3.05, 3.63) is 52.4 Å². The Balaban J connectivity index is 1.93. The number of aromatic amines is 1. The highest BCUT2D eigenvalue weighted by Gasteiger charge is 2.07. The molecule has 23 heavy (non-hydrogen) atoms. The van der Waals surface area contributed by atoms with Crippen molar-refractivity contribution >= 4 is 29.5 Å². The highest BCUT2D eigenvalue weighted by atomic mass is 32.2. The summed E-state index contributed by atoms with van der Waals surface area (Å²) in [6, 6.07) is 11.4. The van der Waals surface area contributed by atoms with Crippen molar-refractivity contribution in [3.63, 3.8) is 0 Å². The van der Waals surface area contributed by atoms with Gasteiger partial charge in [0.15, 0.2) is 5.16 Å². The molecule has 0 unspecified atom stereocenters. The van der Waals surface area contributed by atoms with Crippen molar-refractivity contribution in [3.8, 4) is 0 Å². The summed E-state index contributed by atoms with van der Waals surface area (Å²) in [7, 11) is 0. The number of H-pyrrole nitrogens is 1. The fourth-order valence-corrected chi connectivity index (χ4v) is 3.19. The minimum absolute atomic E-state index is 0.137. The van der Waals surface area contributed by atoms with E-state index < -0.39 is 0 Å². The SMILES string of the molecule is CCCOC(=O)CSc1nc(CSc2ccccc2)cc(=O)[nH]1. The van der Waals surface area contributed by atoms with Crippen molar-refractivity contribution < 1.29 is 9.53 Å². The van der Waals surface area contributed by atoms with Crippen LogP contribution in [0, 0.1) is 0 Å². The van der Waals surface area contributed by atoms with Crippen molar-refractivity contribution in [1.82, 2.24) is 9.97 Å². The number of benzene rings is 1. The maximum atomic E-state index is 11.7. The Hall–Kier alpha value is -1.73. The lowest BCUT2D eigenvalue weighted by atomic mass is 10.4. The third kappa shape index (κ3) is 6.50. The summed E-state index contributed by atoms with van der Waals surface area (Å²) < 4.78 is 5.00. The van der Waals surface area contributed by atoms with E-state index in [-0.39, 0.29) is 17.3 Å². The van der Waals surface area contributed by atoms with Crippen LogP contribution in [0.25, 0.3) is 0 Å². The van der Waals surface area contributed by atoms with E-state index in [4.69, 9.17) is 4.74 Å². The van der Waals surface area contributed by atoms with Crippen LogP contribution >= 0.6 is 23.5 Å². The lowest BCUT2D eigenvalue weighted by Crippen LogP contribution is -2.12. The summed E-state index contributed by atoms with van der Waals surface area (Å²) in [5.74, 6) is 0.434. The highest BCUT2D eigenvalue weighted by Crippen LogP contribution is 2.21. The number of esters is 1. The average molecular weight is 350 g/mol. The molecule has 0 atom stereocenters. The van der Waals surface area contributed by atoms with E-state index in [0.29, 0.717) is 23.2 Å². The number of aromatic nitrogens is 2. The smallest absolute Gasteiger partial charge is 0.316 e. The van der Waals surface area contributed by atoms with Gasteiger partial charge in [-0.2, -0.15) is 0 Å². The lowest BCUT2D eigenvalue weighted by molar-refractivity contribution is -0.140. The first-order valence-electron chi connectivity index (χ1n) is 7.24. The number of nitrogens with zero attached hydrogens (tertiary/aromatic N) is 1. The molecule has 5 nitrogen and oxygen atoms in total. The standard InChI is InChI=1S/C16H18N2O3S2/c1-2-8-21-15(20)11-23-16-17-12(9-14(19)18-16)10-22-13-6-4-3-5-7-13/h3-7,9H,2,8,10-11H2,1H3,(H,17,18,19). The number of hydrogen-bond donors (Lipinski definition) is 1. The van der Waals surface area contributed by atoms with E-state index in [1.807, 2.05) is 37.3 Å². The van der Waals surface area contributed by atoms with Gasteiger partial charge in [0.25, 0.3) is 5.56 Å². The van der Waals surface area contributed by atoms with Crippen LogP contribution in [0.3, 0.4) is 0 Å². The molecule has 0 amide bonds. The van der Waals surface area contributed by atoms with Crippen molar-refractivity contribution in [1.29, 1.82) is 0 Å². The largest absolute Gasteiger partial charge is 0.465 e. The van der Waals surface area contributed by atoms with Crippen molar-refractivity contribution in [2.24, 2.45) is 0 Å². The molecule has 0 aliphatic heterocycles. The molecule has 7 heteroatoms. The Kier molecular flexibility index (Phi) is 7.22. The van der Waals surface area contributed by atoms with Gasteiger partial charge < -0.3 is 9.72 Å². The van der Waals surface area contributed by atoms with Gasteiger partial charge in [0.1, 0.15) is 0 Å². The van der Waals surface area contributed by atoms with Gasteiger partial charge in [0.05, 0.1) is 18.1 Å². The topological polar surface area (TPSA) is 72.0 Å². The molecule has 0 saturated heterocycles. The van der Waals surface area contributed by atoms with E-state index in [0.717, 1.165) is 11.3 Å². The Morgan fingerprint density at radius 2 is 2.04 bits per heavy atom. The monoisotopic (exact) mass is 350 g/mol. The van der Waals surface area contributed by atoms with Gasteiger partial charge in [-0.05, 0) is 18.6 Å². The van der Waals surface area contributed by atoms with Gasteiger partial charge in [0.2, 0.25) is 0 Å². The number of carbonyl (C=O) groups excluding carboxylic acids is 1. The molecule has 0 fully saturated rings. The fraction of sp³-hybridized carbons (Fsp3) is 0.312. The summed E-state index contributed by atoms with van der Waals surface area (Å²) in [4.78, 5) is 31.3. The maximum Gasteiger partial charge on any atom is 0.316 e. The normalized spacial score (nSPS) is 10.5. The Bertz CT molecular complexity index is 689. The molecule has 1 aromatic heterocycles. The minimum Gasteiger partial charge on any atom is -0.465 e. The van der Waals surface area contributed by atoms with Crippen LogP contribution < -0.4 is 5.56 Å². The number of ether oxygens (including phenoxy) is 1. The van der Waals surface area contributed by atoms with Crippen LogP contribution in [-0.4, -0.2) is 28.3 Å². The quantitative estimate of drug-likeness (QED) is 0.448. The summed E-state index contributed by atoms with van der Waals surface area (Å²) >= 11 is 2.79. The molecule has 1 heterocycles. The lowest BCUT2D eigenvalue weighted by Gasteiger charge is -2.05. The van der Waals surface area contributed by atoms with E-state index in [1.165, 1.54) is 17.8 Å². The summed E-state index contributed by atoms with van der Waals surface area (Å²) in [6.45, 7) is 2.35. The molecule has 0 saturated carbocycles.